The van der Waals surface area contributed by atoms with Crippen molar-refractivity contribution >= 4 is 5.69 Å². The highest BCUT2D eigenvalue weighted by Gasteiger charge is 2.03. The summed E-state index contributed by atoms with van der Waals surface area (Å²) >= 11 is 0. The van der Waals surface area contributed by atoms with Crippen LogP contribution in [-0.4, -0.2) is 7.11 Å². The van der Waals surface area contributed by atoms with Gasteiger partial charge in [0.25, 0.3) is 0 Å². The van der Waals surface area contributed by atoms with Crippen LogP contribution in [0.5, 0.6) is 5.75 Å². The highest BCUT2D eigenvalue weighted by atomic mass is 16.5. The molecule has 0 spiro atoms. The molecule has 1 aromatic carbocycles. The molecule has 0 saturated carbocycles. The van der Waals surface area contributed by atoms with Gasteiger partial charge in [-0.25, -0.2) is 4.85 Å². The second-order valence-corrected chi connectivity index (χ2v) is 2.24. The summed E-state index contributed by atoms with van der Waals surface area (Å²) < 4.78 is 5.00. The number of aryl methyl sites for hydroxylation is 1. The highest BCUT2D eigenvalue weighted by molar-refractivity contribution is 5.62. The molecule has 0 saturated heterocycles. The maximum Gasteiger partial charge on any atom is 0.230 e. The van der Waals surface area contributed by atoms with Crippen LogP contribution in [0.2, 0.25) is 0 Å². The van der Waals surface area contributed by atoms with E-state index in [0.29, 0.717) is 11.4 Å². The summed E-state index contributed by atoms with van der Waals surface area (Å²) in [5.41, 5.74) is 1.56. The summed E-state index contributed by atoms with van der Waals surface area (Å²) in [7, 11) is 1.57. The zero-order valence-corrected chi connectivity index (χ0v) is 6.59. The number of hydrogen-bond donors (Lipinski definition) is 0. The fourth-order valence-corrected chi connectivity index (χ4v) is 0.940. The first-order valence-corrected chi connectivity index (χ1v) is 3.30. The van der Waals surface area contributed by atoms with Crippen molar-refractivity contribution in [2.45, 2.75) is 6.92 Å². The van der Waals surface area contributed by atoms with E-state index in [4.69, 9.17) is 11.3 Å². The minimum Gasteiger partial charge on any atom is -0.508 e. The Labute approximate surface area is 66.2 Å². The van der Waals surface area contributed by atoms with E-state index in [1.165, 1.54) is 0 Å². The van der Waals surface area contributed by atoms with Gasteiger partial charge >= 0.3 is 0 Å². The van der Waals surface area contributed by atoms with Crippen LogP contribution in [0.4, 0.5) is 5.69 Å². The number of hydrogen-bond acceptors (Lipinski definition) is 1. The second-order valence-electron chi connectivity index (χ2n) is 2.24. The number of rotatable bonds is 1. The van der Waals surface area contributed by atoms with E-state index >= 15 is 0 Å². The molecule has 0 atom stereocenters. The highest BCUT2D eigenvalue weighted by Crippen LogP contribution is 2.30. The number of para-hydroxylation sites is 1. The molecule has 11 heavy (non-hydrogen) atoms. The molecular formula is C9H9NO. The van der Waals surface area contributed by atoms with Gasteiger partial charge in [-0.3, -0.25) is 0 Å². The molecule has 0 aliphatic rings. The Kier molecular flexibility index (Phi) is 2.12. The molecule has 0 N–H and O–H groups in total. The Morgan fingerprint density at radius 2 is 2.18 bits per heavy atom. The summed E-state index contributed by atoms with van der Waals surface area (Å²) in [6.45, 7) is 8.77. The molecule has 0 aliphatic heterocycles. The average molecular weight is 147 g/mol. The van der Waals surface area contributed by atoms with Crippen molar-refractivity contribution in [3.05, 3.63) is 35.2 Å². The molecule has 0 aromatic heterocycles. The lowest BCUT2D eigenvalue weighted by Crippen LogP contribution is -1.83. The maximum atomic E-state index is 6.87. The number of nitrogens with zero attached hydrogens (tertiary/aromatic N) is 1. The van der Waals surface area contributed by atoms with Crippen LogP contribution in [0.3, 0.4) is 0 Å². The van der Waals surface area contributed by atoms with Gasteiger partial charge in [0, 0.05) is 0 Å². The molecule has 0 unspecified atom stereocenters. The molecular weight excluding hydrogens is 138 g/mol. The molecule has 0 radical (unpaired) electrons. The zero-order chi connectivity index (χ0) is 8.27. The summed E-state index contributed by atoms with van der Waals surface area (Å²) in [6, 6.07) is 5.57. The van der Waals surface area contributed by atoms with Crippen LogP contribution in [0.1, 0.15) is 5.56 Å². The van der Waals surface area contributed by atoms with E-state index in [0.717, 1.165) is 5.56 Å². The fraction of sp³-hybridized carbons (Fsp3) is 0.222. The fourth-order valence-electron chi connectivity index (χ4n) is 0.940. The van der Waals surface area contributed by atoms with Crippen LogP contribution in [-0.2, 0) is 0 Å². The van der Waals surface area contributed by atoms with Gasteiger partial charge in [0.1, 0.15) is 5.75 Å². The second kappa shape index (κ2) is 3.07. The lowest BCUT2D eigenvalue weighted by atomic mass is 10.2. The van der Waals surface area contributed by atoms with Gasteiger partial charge in [0.2, 0.25) is 5.69 Å². The third-order valence-electron chi connectivity index (χ3n) is 1.53. The Balaban J connectivity index is 3.27. The minimum atomic E-state index is 0.606. The Morgan fingerprint density at radius 1 is 1.45 bits per heavy atom. The van der Waals surface area contributed by atoms with E-state index in [2.05, 4.69) is 4.85 Å². The SMILES string of the molecule is [C-]#[N+]c1c(C)cccc1OC. The van der Waals surface area contributed by atoms with Gasteiger partial charge in [0.15, 0.2) is 0 Å². The normalized spacial score (nSPS) is 8.82. The van der Waals surface area contributed by atoms with E-state index in [1.54, 1.807) is 13.2 Å². The van der Waals surface area contributed by atoms with E-state index < -0.39 is 0 Å². The van der Waals surface area contributed by atoms with E-state index in [-0.39, 0.29) is 0 Å². The summed E-state index contributed by atoms with van der Waals surface area (Å²) in [5.74, 6) is 0.653. The smallest absolute Gasteiger partial charge is 0.230 e. The van der Waals surface area contributed by atoms with Crippen LogP contribution in [0, 0.1) is 13.5 Å². The van der Waals surface area contributed by atoms with Crippen molar-refractivity contribution in [1.82, 2.24) is 0 Å². The molecule has 1 rings (SSSR count). The molecule has 56 valence electrons. The van der Waals surface area contributed by atoms with Crippen molar-refractivity contribution < 1.29 is 4.74 Å². The molecule has 2 heteroatoms. The predicted molar refractivity (Wildman–Crippen MR) is 44.0 cm³/mol. The van der Waals surface area contributed by atoms with Crippen molar-refractivity contribution in [2.75, 3.05) is 7.11 Å². The monoisotopic (exact) mass is 147 g/mol. The molecule has 1 aromatic rings. The van der Waals surface area contributed by atoms with Crippen molar-refractivity contribution in [1.29, 1.82) is 0 Å². The van der Waals surface area contributed by atoms with Crippen LogP contribution in [0.15, 0.2) is 18.2 Å². The predicted octanol–water partition coefficient (Wildman–Crippen LogP) is 2.55. The van der Waals surface area contributed by atoms with Gasteiger partial charge in [-0.15, -0.1) is 0 Å². The number of ether oxygens (including phenoxy) is 1. The minimum absolute atomic E-state index is 0.606. The first-order valence-electron chi connectivity index (χ1n) is 3.30. The number of benzene rings is 1. The third kappa shape index (κ3) is 1.32. The van der Waals surface area contributed by atoms with Gasteiger partial charge in [-0.2, -0.15) is 0 Å². The molecule has 0 heterocycles. The first-order chi connectivity index (χ1) is 5.29. The van der Waals surface area contributed by atoms with Crippen LogP contribution < -0.4 is 4.74 Å². The molecule has 0 amide bonds. The quantitative estimate of drug-likeness (QED) is 0.556. The molecule has 0 aliphatic carbocycles. The Morgan fingerprint density at radius 3 is 2.64 bits per heavy atom. The largest absolute Gasteiger partial charge is 0.508 e. The molecule has 0 fully saturated rings. The van der Waals surface area contributed by atoms with E-state index in [1.807, 2.05) is 19.1 Å². The van der Waals surface area contributed by atoms with Crippen molar-refractivity contribution in [3.8, 4) is 5.75 Å². The topological polar surface area (TPSA) is 13.6 Å². The lowest BCUT2D eigenvalue weighted by Gasteiger charge is -2.03. The van der Waals surface area contributed by atoms with Crippen molar-refractivity contribution in [2.24, 2.45) is 0 Å². The lowest BCUT2D eigenvalue weighted by molar-refractivity contribution is 0.417. The average Bonchev–Trinajstić information content (AvgIpc) is 2.04. The maximum absolute atomic E-state index is 6.87. The summed E-state index contributed by atoms with van der Waals surface area (Å²) in [5, 5.41) is 0. The molecule has 2 nitrogen and oxygen atoms in total. The van der Waals surface area contributed by atoms with Crippen molar-refractivity contribution in [3.63, 3.8) is 0 Å². The van der Waals surface area contributed by atoms with Crippen LogP contribution in [0.25, 0.3) is 4.85 Å². The summed E-state index contributed by atoms with van der Waals surface area (Å²) in [6.07, 6.45) is 0. The Hall–Kier alpha value is -1.49. The van der Waals surface area contributed by atoms with Gasteiger partial charge < -0.3 is 4.74 Å². The van der Waals surface area contributed by atoms with Gasteiger partial charge in [-0.05, 0) is 18.6 Å². The van der Waals surface area contributed by atoms with Gasteiger partial charge in [0.05, 0.1) is 13.7 Å². The Bertz CT molecular complexity index is 299. The third-order valence-corrected chi connectivity index (χ3v) is 1.53. The van der Waals surface area contributed by atoms with E-state index in [9.17, 15) is 0 Å². The standard InChI is InChI=1S/C9H9NO/c1-7-5-4-6-8(11-3)9(7)10-2/h4-6H,1,3H3. The van der Waals surface area contributed by atoms with Gasteiger partial charge in [-0.1, -0.05) is 12.1 Å². The van der Waals surface area contributed by atoms with Crippen LogP contribution >= 0.6 is 0 Å². The first kappa shape index (κ1) is 7.62. The molecule has 0 bridgehead atoms. The number of methoxy groups -OCH3 is 1. The zero-order valence-electron chi connectivity index (χ0n) is 6.59. The summed E-state index contributed by atoms with van der Waals surface area (Å²) in [4.78, 5) is 3.37.